The first-order valence-electron chi connectivity index (χ1n) is 10.2. The molecule has 0 spiro atoms. The van der Waals surface area contributed by atoms with Crippen molar-refractivity contribution in [1.29, 1.82) is 0 Å². The van der Waals surface area contributed by atoms with Crippen LogP contribution in [0.25, 0.3) is 11.1 Å². The summed E-state index contributed by atoms with van der Waals surface area (Å²) in [4.78, 5) is 49.5. The molecule has 0 saturated carbocycles. The fourth-order valence-corrected chi connectivity index (χ4v) is 3.81. The Bertz CT molecular complexity index is 1170. The van der Waals surface area contributed by atoms with Crippen LogP contribution in [0.2, 0.25) is 0 Å². The number of benzene rings is 2. The van der Waals surface area contributed by atoms with Gasteiger partial charge in [-0.1, -0.05) is 30.3 Å². The summed E-state index contributed by atoms with van der Waals surface area (Å²) in [5, 5.41) is 14.2. The van der Waals surface area contributed by atoms with Crippen molar-refractivity contribution < 1.29 is 28.7 Å². The quantitative estimate of drug-likeness (QED) is 0.436. The van der Waals surface area contributed by atoms with Crippen LogP contribution in [0.5, 0.6) is 0 Å². The molecule has 2 aromatic carbocycles. The minimum absolute atomic E-state index is 0. The average molecular weight is 477 g/mol. The summed E-state index contributed by atoms with van der Waals surface area (Å²) in [7, 11) is 1.44. The number of aryl methyl sites for hydroxylation is 1. The molecule has 2 unspecified atom stereocenters. The van der Waals surface area contributed by atoms with Crippen LogP contribution in [0.4, 0.5) is 9.18 Å². The van der Waals surface area contributed by atoms with Gasteiger partial charge in [-0.2, -0.15) is 0 Å². The van der Waals surface area contributed by atoms with Crippen molar-refractivity contribution in [2.75, 3.05) is 7.05 Å². The second-order valence-electron chi connectivity index (χ2n) is 7.82. The molecule has 3 amide bonds. The van der Waals surface area contributed by atoms with Crippen molar-refractivity contribution in [1.82, 2.24) is 15.5 Å². The van der Waals surface area contributed by atoms with Gasteiger partial charge in [-0.05, 0) is 42.2 Å². The number of likely N-dealkylation sites (N-methyl/N-ethyl adjacent to an activating group) is 1. The van der Waals surface area contributed by atoms with Crippen molar-refractivity contribution in [2.45, 2.75) is 32.4 Å². The van der Waals surface area contributed by atoms with Gasteiger partial charge in [0, 0.05) is 24.9 Å². The topological polar surface area (TPSA) is 116 Å². The van der Waals surface area contributed by atoms with E-state index < -0.39 is 48.0 Å². The zero-order valence-corrected chi connectivity index (χ0v) is 18.4. The summed E-state index contributed by atoms with van der Waals surface area (Å²) in [6.45, 7) is 3.49. The van der Waals surface area contributed by atoms with Gasteiger partial charge in [0.05, 0.1) is 12.5 Å². The number of amides is 3. The number of hydrogen-bond donors (Lipinski definition) is 3. The molecule has 174 valence electrons. The number of urea groups is 1. The van der Waals surface area contributed by atoms with E-state index in [2.05, 4.69) is 10.6 Å². The normalized spacial score (nSPS) is 16.0. The number of hydrogen-bond acceptors (Lipinski definition) is 4. The standard InChI is InChI=1S/C24H24FN3O5.Na.H/c1-13-6-4-5-7-15(13)21-14(2)16(8-9-17(21)25)18(12-20(30)31)26-24(33)27-22-19(29)10-11-28(3)23(22)32;;/h4-11,18,22H,12H2,1-3H3,(H,30,31)(H2,26,27,33);;. The number of carboxylic acid groups (broad SMARTS) is 1. The molecule has 1 heterocycles. The van der Waals surface area contributed by atoms with Gasteiger partial charge in [0.15, 0.2) is 11.8 Å². The second-order valence-corrected chi connectivity index (χ2v) is 7.82. The van der Waals surface area contributed by atoms with Crippen LogP contribution in [0.15, 0.2) is 48.7 Å². The Morgan fingerprint density at radius 3 is 2.47 bits per heavy atom. The van der Waals surface area contributed by atoms with Crippen LogP contribution in [-0.4, -0.2) is 76.3 Å². The molecule has 2 aromatic rings. The Kier molecular flexibility index (Phi) is 9.14. The molecule has 0 bridgehead atoms. The molecule has 10 heteroatoms. The third kappa shape index (κ3) is 5.91. The molecule has 2 atom stereocenters. The van der Waals surface area contributed by atoms with Gasteiger partial charge in [0.2, 0.25) is 0 Å². The summed E-state index contributed by atoms with van der Waals surface area (Å²) in [6, 6.07) is 6.52. The molecule has 1 aliphatic rings. The van der Waals surface area contributed by atoms with Gasteiger partial charge in [0.1, 0.15) is 5.82 Å². The molecule has 34 heavy (non-hydrogen) atoms. The maximum atomic E-state index is 14.8. The van der Waals surface area contributed by atoms with E-state index in [0.29, 0.717) is 22.3 Å². The predicted molar refractivity (Wildman–Crippen MR) is 126 cm³/mol. The Hall–Kier alpha value is -3.01. The van der Waals surface area contributed by atoms with Crippen molar-refractivity contribution in [3.63, 3.8) is 0 Å². The van der Waals surface area contributed by atoms with Crippen LogP contribution in [0, 0.1) is 19.7 Å². The molecule has 3 N–H and O–H groups in total. The van der Waals surface area contributed by atoms with Crippen molar-refractivity contribution >= 4 is 53.2 Å². The summed E-state index contributed by atoms with van der Waals surface area (Å²) >= 11 is 0. The van der Waals surface area contributed by atoms with Gasteiger partial charge in [-0.25, -0.2) is 9.18 Å². The first kappa shape index (κ1) is 27.2. The summed E-state index contributed by atoms with van der Waals surface area (Å²) in [6.07, 6.45) is 1.97. The van der Waals surface area contributed by atoms with E-state index >= 15 is 0 Å². The molecule has 0 radical (unpaired) electrons. The molecule has 1 aliphatic heterocycles. The van der Waals surface area contributed by atoms with Crippen LogP contribution >= 0.6 is 0 Å². The number of rotatable bonds is 6. The first-order valence-corrected chi connectivity index (χ1v) is 10.2. The van der Waals surface area contributed by atoms with Crippen LogP contribution in [0.3, 0.4) is 0 Å². The summed E-state index contributed by atoms with van der Waals surface area (Å²) in [5.41, 5.74) is 2.69. The van der Waals surface area contributed by atoms with E-state index in [0.717, 1.165) is 5.56 Å². The third-order valence-corrected chi connectivity index (χ3v) is 5.55. The summed E-state index contributed by atoms with van der Waals surface area (Å²) < 4.78 is 14.8. The van der Waals surface area contributed by atoms with Gasteiger partial charge < -0.3 is 20.6 Å². The number of halogens is 1. The fourth-order valence-electron chi connectivity index (χ4n) is 3.81. The Labute approximate surface area is 218 Å². The van der Waals surface area contributed by atoms with Gasteiger partial charge in [-0.15, -0.1) is 0 Å². The number of ketones is 1. The van der Waals surface area contributed by atoms with E-state index in [1.54, 1.807) is 19.1 Å². The number of nitrogens with one attached hydrogen (secondary N) is 2. The zero-order valence-electron chi connectivity index (χ0n) is 18.4. The average Bonchev–Trinajstić information content (AvgIpc) is 2.74. The van der Waals surface area contributed by atoms with Crippen molar-refractivity contribution in [3.8, 4) is 11.1 Å². The number of carboxylic acids is 1. The fraction of sp³-hybridized carbons (Fsp3) is 0.250. The maximum absolute atomic E-state index is 14.8. The van der Waals surface area contributed by atoms with E-state index in [1.807, 2.05) is 19.1 Å². The second kappa shape index (κ2) is 11.4. The Morgan fingerprint density at radius 1 is 1.15 bits per heavy atom. The number of aliphatic carboxylic acids is 1. The molecule has 8 nitrogen and oxygen atoms in total. The summed E-state index contributed by atoms with van der Waals surface area (Å²) in [5.74, 6) is -2.87. The van der Waals surface area contributed by atoms with Gasteiger partial charge >= 0.3 is 41.6 Å². The van der Waals surface area contributed by atoms with E-state index in [-0.39, 0.29) is 29.6 Å². The Balaban J connectivity index is 0.00000408. The van der Waals surface area contributed by atoms with Crippen LogP contribution in [-0.2, 0) is 14.4 Å². The third-order valence-electron chi connectivity index (χ3n) is 5.55. The van der Waals surface area contributed by atoms with Gasteiger partial charge in [0.25, 0.3) is 5.91 Å². The predicted octanol–water partition coefficient (Wildman–Crippen LogP) is 2.20. The first-order chi connectivity index (χ1) is 15.6. The van der Waals surface area contributed by atoms with Crippen LogP contribution in [0.1, 0.15) is 29.2 Å². The van der Waals surface area contributed by atoms with Crippen molar-refractivity contribution in [2.24, 2.45) is 0 Å². The molecule has 0 aromatic heterocycles. The molecular formula is C24H25FN3NaO5. The molecule has 0 saturated heterocycles. The SMILES string of the molecule is Cc1ccccc1-c1c(F)ccc(C(CC(=O)O)NC(=O)NC2C(=O)C=CN(C)C2=O)c1C.[NaH]. The molecule has 3 rings (SSSR count). The van der Waals surface area contributed by atoms with Gasteiger partial charge in [-0.3, -0.25) is 14.4 Å². The van der Waals surface area contributed by atoms with E-state index in [1.165, 1.54) is 36.4 Å². The molecule has 0 aliphatic carbocycles. The Morgan fingerprint density at radius 2 is 1.82 bits per heavy atom. The van der Waals surface area contributed by atoms with E-state index in [9.17, 15) is 28.7 Å². The number of carbonyl (C=O) groups is 4. The monoisotopic (exact) mass is 477 g/mol. The van der Waals surface area contributed by atoms with Crippen LogP contribution < -0.4 is 10.6 Å². The number of carbonyl (C=O) groups excluding carboxylic acids is 3. The number of nitrogens with zero attached hydrogens (tertiary/aromatic N) is 1. The molecular weight excluding hydrogens is 452 g/mol. The van der Waals surface area contributed by atoms with Crippen molar-refractivity contribution in [3.05, 3.63) is 71.2 Å². The molecule has 0 fully saturated rings. The van der Waals surface area contributed by atoms with E-state index in [4.69, 9.17) is 0 Å². The minimum atomic E-state index is -1.41. The zero-order chi connectivity index (χ0) is 24.3.